The Kier molecular flexibility index (Phi) is 8.19. The molecule has 2 rings (SSSR count). The van der Waals surface area contributed by atoms with Crippen molar-refractivity contribution in [2.24, 2.45) is 0 Å². The summed E-state index contributed by atoms with van der Waals surface area (Å²) in [7, 11) is 0. The summed E-state index contributed by atoms with van der Waals surface area (Å²) in [5.41, 5.74) is 1.48. The topological polar surface area (TPSA) is 0 Å². The Hall–Kier alpha value is -1.21. The van der Waals surface area contributed by atoms with Gasteiger partial charge in [0.25, 0.3) is 0 Å². The zero-order chi connectivity index (χ0) is 15.5. The van der Waals surface area contributed by atoms with Crippen LogP contribution in [0.4, 0.5) is 0 Å². The molecule has 0 N–H and O–H groups in total. The molecule has 0 spiro atoms. The Morgan fingerprint density at radius 2 is 1.23 bits per heavy atom. The molecule has 0 aliphatic carbocycles. The largest absolute Gasteiger partial charge is 0.0901 e. The number of benzene rings is 2. The molecule has 0 radical (unpaired) electrons. The molecule has 0 aliphatic rings. The van der Waals surface area contributed by atoms with Crippen molar-refractivity contribution < 1.29 is 0 Å². The van der Waals surface area contributed by atoms with Crippen molar-refractivity contribution in [2.45, 2.75) is 68.1 Å². The van der Waals surface area contributed by atoms with E-state index in [1.165, 1.54) is 66.7 Å². The highest BCUT2D eigenvalue weighted by molar-refractivity contribution is 7.99. The molecule has 0 saturated heterocycles. The van der Waals surface area contributed by atoms with E-state index in [2.05, 4.69) is 61.5 Å². The number of hydrogen-bond donors (Lipinski definition) is 0. The van der Waals surface area contributed by atoms with Gasteiger partial charge >= 0.3 is 0 Å². The van der Waals surface area contributed by atoms with Crippen LogP contribution in [-0.4, -0.2) is 0 Å². The molecule has 0 aromatic heterocycles. The lowest BCUT2D eigenvalue weighted by Crippen LogP contribution is -1.86. The molecule has 0 aliphatic heterocycles. The zero-order valence-electron chi connectivity index (χ0n) is 13.8. The van der Waals surface area contributed by atoms with E-state index >= 15 is 0 Å². The maximum absolute atomic E-state index is 2.29. The minimum Gasteiger partial charge on any atom is -0.0901 e. The van der Waals surface area contributed by atoms with Gasteiger partial charge in [0.1, 0.15) is 0 Å². The number of hydrogen-bond acceptors (Lipinski definition) is 1. The average Bonchev–Trinajstić information content (AvgIpc) is 2.56. The molecule has 0 saturated carbocycles. The fourth-order valence-electron chi connectivity index (χ4n) is 2.64. The smallest absolute Gasteiger partial charge is 0.0122 e. The fraction of sp³-hybridized carbons (Fsp3) is 0.429. The van der Waals surface area contributed by atoms with Crippen molar-refractivity contribution in [2.75, 3.05) is 0 Å². The summed E-state index contributed by atoms with van der Waals surface area (Å²) in [5.74, 6) is 0. The van der Waals surface area contributed by atoms with E-state index in [9.17, 15) is 0 Å². The summed E-state index contributed by atoms with van der Waals surface area (Å²) in [5, 5.41) is 0. The highest BCUT2D eigenvalue weighted by Gasteiger charge is 1.98. The van der Waals surface area contributed by atoms with Crippen LogP contribution < -0.4 is 0 Å². The molecule has 0 unspecified atom stereocenters. The van der Waals surface area contributed by atoms with Crippen molar-refractivity contribution in [1.29, 1.82) is 0 Å². The van der Waals surface area contributed by atoms with Gasteiger partial charge in [0.05, 0.1) is 0 Å². The second kappa shape index (κ2) is 10.5. The number of aryl methyl sites for hydroxylation is 1. The van der Waals surface area contributed by atoms with E-state index in [-0.39, 0.29) is 0 Å². The van der Waals surface area contributed by atoms with Gasteiger partial charge in [0.15, 0.2) is 0 Å². The van der Waals surface area contributed by atoms with E-state index < -0.39 is 0 Å². The SMILES string of the molecule is CCCCCCCCCc1ccc(Sc2ccccc2)cc1. The molecule has 0 fully saturated rings. The Morgan fingerprint density at radius 3 is 1.91 bits per heavy atom. The lowest BCUT2D eigenvalue weighted by Gasteiger charge is -2.05. The maximum Gasteiger partial charge on any atom is 0.0122 e. The van der Waals surface area contributed by atoms with Gasteiger partial charge in [0, 0.05) is 9.79 Å². The summed E-state index contributed by atoms with van der Waals surface area (Å²) in [6.45, 7) is 2.28. The van der Waals surface area contributed by atoms with Crippen LogP contribution in [-0.2, 0) is 6.42 Å². The van der Waals surface area contributed by atoms with Gasteiger partial charge in [-0.25, -0.2) is 0 Å². The lowest BCUT2D eigenvalue weighted by molar-refractivity contribution is 0.589. The third-order valence-electron chi connectivity index (χ3n) is 3.97. The van der Waals surface area contributed by atoms with Crippen LogP contribution >= 0.6 is 11.8 Å². The molecule has 2 aromatic carbocycles. The number of unbranched alkanes of at least 4 members (excludes halogenated alkanes) is 6. The first-order valence-corrected chi connectivity index (χ1v) is 9.52. The normalized spacial score (nSPS) is 10.8. The first-order valence-electron chi connectivity index (χ1n) is 8.70. The quantitative estimate of drug-likeness (QED) is 0.420. The van der Waals surface area contributed by atoms with Crippen LogP contribution in [0.2, 0.25) is 0 Å². The first kappa shape index (κ1) is 17.1. The molecule has 1 heteroatoms. The minimum atomic E-state index is 1.23. The van der Waals surface area contributed by atoms with E-state index in [4.69, 9.17) is 0 Å². The summed E-state index contributed by atoms with van der Waals surface area (Å²) in [6, 6.07) is 19.7. The number of rotatable bonds is 10. The van der Waals surface area contributed by atoms with Crippen molar-refractivity contribution in [3.05, 3.63) is 60.2 Å². The molecule has 118 valence electrons. The van der Waals surface area contributed by atoms with E-state index in [1.807, 2.05) is 11.8 Å². The van der Waals surface area contributed by atoms with Crippen molar-refractivity contribution in [1.82, 2.24) is 0 Å². The molecule has 0 nitrogen and oxygen atoms in total. The van der Waals surface area contributed by atoms with Gasteiger partial charge in [-0.1, -0.05) is 87.5 Å². The highest BCUT2D eigenvalue weighted by Crippen LogP contribution is 2.27. The van der Waals surface area contributed by atoms with E-state index in [1.54, 1.807) is 0 Å². The highest BCUT2D eigenvalue weighted by atomic mass is 32.2. The minimum absolute atomic E-state index is 1.23. The van der Waals surface area contributed by atoms with Gasteiger partial charge in [0.2, 0.25) is 0 Å². The van der Waals surface area contributed by atoms with Crippen LogP contribution in [0.1, 0.15) is 57.4 Å². The third kappa shape index (κ3) is 6.70. The van der Waals surface area contributed by atoms with Crippen molar-refractivity contribution in [3.63, 3.8) is 0 Å². The molecule has 0 atom stereocenters. The molecular weight excluding hydrogens is 284 g/mol. The molecule has 2 aromatic rings. The molecule has 22 heavy (non-hydrogen) atoms. The summed E-state index contributed by atoms with van der Waals surface area (Å²) >= 11 is 1.84. The Morgan fingerprint density at radius 1 is 0.636 bits per heavy atom. The summed E-state index contributed by atoms with van der Waals surface area (Å²) < 4.78 is 0. The van der Waals surface area contributed by atoms with Gasteiger partial charge in [-0.15, -0.1) is 0 Å². The van der Waals surface area contributed by atoms with Crippen LogP contribution in [0.25, 0.3) is 0 Å². The first-order chi connectivity index (χ1) is 10.9. The Balaban J connectivity index is 1.66. The molecular formula is C21H28S. The van der Waals surface area contributed by atoms with Crippen molar-refractivity contribution >= 4 is 11.8 Å². The van der Waals surface area contributed by atoms with Crippen LogP contribution in [0.5, 0.6) is 0 Å². The monoisotopic (exact) mass is 312 g/mol. The van der Waals surface area contributed by atoms with Crippen LogP contribution in [0, 0.1) is 0 Å². The van der Waals surface area contributed by atoms with Gasteiger partial charge in [-0.2, -0.15) is 0 Å². The Bertz CT molecular complexity index is 501. The third-order valence-corrected chi connectivity index (χ3v) is 4.99. The molecule has 0 bridgehead atoms. The van der Waals surface area contributed by atoms with Crippen molar-refractivity contribution in [3.8, 4) is 0 Å². The van der Waals surface area contributed by atoms with E-state index in [0.717, 1.165) is 0 Å². The standard InChI is InChI=1S/C21H28S/c1-2-3-4-5-6-7-9-12-19-15-17-21(18-16-19)22-20-13-10-8-11-14-20/h8,10-11,13-18H,2-7,9,12H2,1H3. The lowest BCUT2D eigenvalue weighted by atomic mass is 10.0. The summed E-state index contributed by atoms with van der Waals surface area (Å²) in [4.78, 5) is 2.64. The van der Waals surface area contributed by atoms with Gasteiger partial charge in [-0.3, -0.25) is 0 Å². The molecule has 0 amide bonds. The second-order valence-electron chi connectivity index (χ2n) is 5.93. The van der Waals surface area contributed by atoms with Crippen LogP contribution in [0.3, 0.4) is 0 Å². The predicted molar refractivity (Wildman–Crippen MR) is 98.7 cm³/mol. The van der Waals surface area contributed by atoms with Gasteiger partial charge in [-0.05, 0) is 42.7 Å². The average molecular weight is 313 g/mol. The maximum atomic E-state index is 2.29. The fourth-order valence-corrected chi connectivity index (χ4v) is 3.47. The zero-order valence-corrected chi connectivity index (χ0v) is 14.6. The van der Waals surface area contributed by atoms with Crippen LogP contribution in [0.15, 0.2) is 64.4 Å². The van der Waals surface area contributed by atoms with Gasteiger partial charge < -0.3 is 0 Å². The Labute approximate surface area is 140 Å². The predicted octanol–water partition coefficient (Wildman–Crippen LogP) is 7.13. The summed E-state index contributed by atoms with van der Waals surface area (Å²) in [6.07, 6.45) is 10.9. The van der Waals surface area contributed by atoms with E-state index in [0.29, 0.717) is 0 Å². The second-order valence-corrected chi connectivity index (χ2v) is 7.08. The molecule has 0 heterocycles.